The van der Waals surface area contributed by atoms with Crippen LogP contribution in [0.1, 0.15) is 20.3 Å². The van der Waals surface area contributed by atoms with E-state index in [0.717, 1.165) is 19.6 Å². The average molecular weight is 167 g/mol. The molecule has 1 aromatic rings. The molecule has 0 aromatic carbocycles. The monoisotopic (exact) mass is 167 g/mol. The quantitative estimate of drug-likeness (QED) is 0.645. The van der Waals surface area contributed by atoms with Crippen molar-refractivity contribution >= 4 is 0 Å². The standard InChI is InChI=1S/C5H5N.C5H12O/c1-2-4-6-5-3-1;1-3-5-6-4-2/h1-5H;3-5H2,1-2H3. The van der Waals surface area contributed by atoms with Crippen LogP contribution in [0.3, 0.4) is 0 Å². The molecule has 0 aliphatic heterocycles. The molecule has 0 bridgehead atoms. The van der Waals surface area contributed by atoms with Crippen LogP contribution < -0.4 is 0 Å². The maximum Gasteiger partial charge on any atom is 0.0463 e. The Kier molecular flexibility index (Phi) is 9.36. The highest BCUT2D eigenvalue weighted by Gasteiger charge is 1.72. The van der Waals surface area contributed by atoms with E-state index in [9.17, 15) is 0 Å². The summed E-state index contributed by atoms with van der Waals surface area (Å²) in [5.41, 5.74) is 0. The Balaban J connectivity index is 0.000000202. The summed E-state index contributed by atoms with van der Waals surface area (Å²) >= 11 is 0. The van der Waals surface area contributed by atoms with Crippen LogP contribution in [0.4, 0.5) is 0 Å². The van der Waals surface area contributed by atoms with Crippen LogP contribution in [0.25, 0.3) is 0 Å². The van der Waals surface area contributed by atoms with Gasteiger partial charge >= 0.3 is 0 Å². The van der Waals surface area contributed by atoms with E-state index in [-0.39, 0.29) is 0 Å². The molecule has 0 fully saturated rings. The Hall–Kier alpha value is -0.890. The Labute approximate surface area is 74.6 Å². The van der Waals surface area contributed by atoms with Gasteiger partial charge in [-0.3, -0.25) is 4.98 Å². The van der Waals surface area contributed by atoms with Crippen LogP contribution in [-0.4, -0.2) is 18.2 Å². The van der Waals surface area contributed by atoms with Gasteiger partial charge in [0.05, 0.1) is 0 Å². The topological polar surface area (TPSA) is 22.1 Å². The lowest BCUT2D eigenvalue weighted by atomic mass is 10.5. The van der Waals surface area contributed by atoms with Crippen molar-refractivity contribution in [2.45, 2.75) is 20.3 Å². The Bertz CT molecular complexity index is 122. The molecule has 1 rings (SSSR count). The van der Waals surface area contributed by atoms with Gasteiger partial charge in [0.1, 0.15) is 0 Å². The maximum absolute atomic E-state index is 4.98. The number of pyridine rings is 1. The summed E-state index contributed by atoms with van der Waals surface area (Å²) in [6, 6.07) is 5.72. The second-order valence-electron chi connectivity index (χ2n) is 2.22. The van der Waals surface area contributed by atoms with Gasteiger partial charge in [0.25, 0.3) is 0 Å². The van der Waals surface area contributed by atoms with Crippen LogP contribution in [0.15, 0.2) is 30.6 Å². The van der Waals surface area contributed by atoms with Crippen LogP contribution in [0.5, 0.6) is 0 Å². The first-order valence-electron chi connectivity index (χ1n) is 4.34. The molecular formula is C10H17NO. The number of hydrogen-bond acceptors (Lipinski definition) is 2. The summed E-state index contributed by atoms with van der Waals surface area (Å²) in [7, 11) is 0. The molecule has 68 valence electrons. The lowest BCUT2D eigenvalue weighted by molar-refractivity contribution is 0.148. The first-order valence-corrected chi connectivity index (χ1v) is 4.34. The first-order chi connectivity index (χ1) is 5.91. The molecule has 0 spiro atoms. The first kappa shape index (κ1) is 11.1. The van der Waals surface area contributed by atoms with Crippen LogP contribution >= 0.6 is 0 Å². The normalized spacial score (nSPS) is 8.50. The SMILES string of the molecule is CCCOCC.c1ccncc1. The van der Waals surface area contributed by atoms with E-state index in [1.807, 2.05) is 25.1 Å². The van der Waals surface area contributed by atoms with Crippen molar-refractivity contribution in [1.29, 1.82) is 0 Å². The number of nitrogens with zero attached hydrogens (tertiary/aromatic N) is 1. The average Bonchev–Trinajstić information content (AvgIpc) is 2.18. The van der Waals surface area contributed by atoms with Gasteiger partial charge in [0.2, 0.25) is 0 Å². The molecule has 2 nitrogen and oxygen atoms in total. The Morgan fingerprint density at radius 1 is 1.08 bits per heavy atom. The smallest absolute Gasteiger partial charge is 0.0463 e. The number of hydrogen-bond donors (Lipinski definition) is 0. The fourth-order valence-electron chi connectivity index (χ4n) is 0.601. The molecule has 0 saturated carbocycles. The van der Waals surface area contributed by atoms with Gasteiger partial charge in [-0.15, -0.1) is 0 Å². The maximum atomic E-state index is 4.98. The highest BCUT2D eigenvalue weighted by atomic mass is 16.5. The lowest BCUT2D eigenvalue weighted by Crippen LogP contribution is -1.88. The zero-order valence-corrected chi connectivity index (χ0v) is 7.86. The largest absolute Gasteiger partial charge is 0.382 e. The van der Waals surface area contributed by atoms with E-state index < -0.39 is 0 Å². The predicted octanol–water partition coefficient (Wildman–Crippen LogP) is 2.51. The third-order valence-corrected chi connectivity index (χ3v) is 1.12. The van der Waals surface area contributed by atoms with Gasteiger partial charge in [0.15, 0.2) is 0 Å². The van der Waals surface area contributed by atoms with E-state index >= 15 is 0 Å². The summed E-state index contributed by atoms with van der Waals surface area (Å²) in [5, 5.41) is 0. The van der Waals surface area contributed by atoms with Crippen molar-refractivity contribution < 1.29 is 4.74 Å². The molecule has 1 heterocycles. The highest BCUT2D eigenvalue weighted by molar-refractivity contribution is 4.88. The summed E-state index contributed by atoms with van der Waals surface area (Å²) in [6.45, 7) is 5.88. The molecule has 0 aliphatic rings. The van der Waals surface area contributed by atoms with Crippen molar-refractivity contribution in [3.8, 4) is 0 Å². The summed E-state index contributed by atoms with van der Waals surface area (Å²) in [6.07, 6.45) is 4.63. The van der Waals surface area contributed by atoms with E-state index in [1.165, 1.54) is 0 Å². The molecular weight excluding hydrogens is 150 g/mol. The minimum absolute atomic E-state index is 0.855. The van der Waals surface area contributed by atoms with Crippen molar-refractivity contribution in [3.05, 3.63) is 30.6 Å². The van der Waals surface area contributed by atoms with Crippen LogP contribution in [0, 0.1) is 0 Å². The molecule has 12 heavy (non-hydrogen) atoms. The fraction of sp³-hybridized carbons (Fsp3) is 0.500. The van der Waals surface area contributed by atoms with Gasteiger partial charge in [-0.2, -0.15) is 0 Å². The molecule has 1 aromatic heterocycles. The van der Waals surface area contributed by atoms with Crippen molar-refractivity contribution in [1.82, 2.24) is 4.98 Å². The van der Waals surface area contributed by atoms with E-state index in [4.69, 9.17) is 4.74 Å². The molecule has 0 unspecified atom stereocenters. The van der Waals surface area contributed by atoms with Gasteiger partial charge in [-0.1, -0.05) is 13.0 Å². The second kappa shape index (κ2) is 10.1. The van der Waals surface area contributed by atoms with Gasteiger partial charge < -0.3 is 4.74 Å². The summed E-state index contributed by atoms with van der Waals surface area (Å²) < 4.78 is 4.98. The summed E-state index contributed by atoms with van der Waals surface area (Å²) in [4.78, 5) is 3.78. The minimum atomic E-state index is 0.855. The van der Waals surface area contributed by atoms with Gasteiger partial charge in [-0.05, 0) is 25.5 Å². The Morgan fingerprint density at radius 2 is 1.75 bits per heavy atom. The van der Waals surface area contributed by atoms with Gasteiger partial charge in [-0.25, -0.2) is 0 Å². The van der Waals surface area contributed by atoms with E-state index in [2.05, 4.69) is 11.9 Å². The van der Waals surface area contributed by atoms with Gasteiger partial charge in [0, 0.05) is 25.6 Å². The van der Waals surface area contributed by atoms with Crippen molar-refractivity contribution in [2.24, 2.45) is 0 Å². The second-order valence-corrected chi connectivity index (χ2v) is 2.22. The molecule has 2 heteroatoms. The van der Waals surface area contributed by atoms with E-state index in [0.29, 0.717) is 0 Å². The van der Waals surface area contributed by atoms with Crippen LogP contribution in [0.2, 0.25) is 0 Å². The Morgan fingerprint density at radius 3 is 1.92 bits per heavy atom. The highest BCUT2D eigenvalue weighted by Crippen LogP contribution is 1.75. The molecule has 0 N–H and O–H groups in total. The molecule has 0 aliphatic carbocycles. The molecule has 0 radical (unpaired) electrons. The fourth-order valence-corrected chi connectivity index (χ4v) is 0.601. The zero-order chi connectivity index (χ0) is 9.07. The molecule has 0 saturated heterocycles. The van der Waals surface area contributed by atoms with E-state index in [1.54, 1.807) is 12.4 Å². The number of ether oxygens (including phenoxy) is 1. The number of aromatic nitrogens is 1. The lowest BCUT2D eigenvalue weighted by Gasteiger charge is -1.91. The van der Waals surface area contributed by atoms with Crippen molar-refractivity contribution in [2.75, 3.05) is 13.2 Å². The third kappa shape index (κ3) is 9.11. The predicted molar refractivity (Wildman–Crippen MR) is 51.0 cm³/mol. The zero-order valence-electron chi connectivity index (χ0n) is 7.86. The molecule has 0 atom stereocenters. The number of rotatable bonds is 3. The summed E-state index contributed by atoms with van der Waals surface area (Å²) in [5.74, 6) is 0. The van der Waals surface area contributed by atoms with Crippen molar-refractivity contribution in [3.63, 3.8) is 0 Å². The van der Waals surface area contributed by atoms with Crippen LogP contribution in [-0.2, 0) is 4.74 Å². The third-order valence-electron chi connectivity index (χ3n) is 1.12. The minimum Gasteiger partial charge on any atom is -0.382 e. The molecule has 0 amide bonds.